The number of rotatable bonds is 7. The van der Waals surface area contributed by atoms with Gasteiger partial charge in [-0.3, -0.25) is 14.8 Å². The third-order valence-electron chi connectivity index (χ3n) is 5.47. The van der Waals surface area contributed by atoms with Gasteiger partial charge >= 0.3 is 0 Å². The van der Waals surface area contributed by atoms with E-state index in [1.165, 1.54) is 0 Å². The standard InChI is InChI=1S/C23H32N6O2/c1-24-23(26-18-22(30)27(2)13-11-19-8-6-7-12-25-19)29-16-14-28(15-17-29)20-9-4-5-10-21(20)31-3/h4-10,12H,11,13-18H2,1-3H3,(H,24,26). The van der Waals surface area contributed by atoms with Crippen LogP contribution in [0.4, 0.5) is 5.69 Å². The molecule has 0 spiro atoms. The van der Waals surface area contributed by atoms with Crippen LogP contribution in [-0.4, -0.2) is 87.1 Å². The summed E-state index contributed by atoms with van der Waals surface area (Å²) in [5.41, 5.74) is 2.09. The molecule has 1 aliphatic rings. The highest BCUT2D eigenvalue weighted by Crippen LogP contribution is 2.28. The molecular weight excluding hydrogens is 392 g/mol. The van der Waals surface area contributed by atoms with Gasteiger partial charge in [0.15, 0.2) is 5.96 Å². The highest BCUT2D eigenvalue weighted by Gasteiger charge is 2.22. The fourth-order valence-corrected chi connectivity index (χ4v) is 3.63. The van der Waals surface area contributed by atoms with Crippen LogP contribution < -0.4 is 15.0 Å². The van der Waals surface area contributed by atoms with Crippen molar-refractivity contribution in [1.82, 2.24) is 20.1 Å². The highest BCUT2D eigenvalue weighted by molar-refractivity contribution is 5.86. The number of hydrogen-bond donors (Lipinski definition) is 1. The van der Waals surface area contributed by atoms with Gasteiger partial charge in [-0.05, 0) is 24.3 Å². The van der Waals surface area contributed by atoms with Gasteiger partial charge in [-0.25, -0.2) is 0 Å². The van der Waals surface area contributed by atoms with Gasteiger partial charge in [0.25, 0.3) is 0 Å². The predicted octanol–water partition coefficient (Wildman–Crippen LogP) is 1.49. The summed E-state index contributed by atoms with van der Waals surface area (Å²) >= 11 is 0. The normalized spacial score (nSPS) is 14.4. The third kappa shape index (κ3) is 6.10. The summed E-state index contributed by atoms with van der Waals surface area (Å²) in [6.45, 7) is 4.21. The van der Waals surface area contributed by atoms with Gasteiger partial charge in [-0.2, -0.15) is 0 Å². The molecule has 1 aliphatic heterocycles. The van der Waals surface area contributed by atoms with Crippen LogP contribution in [-0.2, 0) is 11.2 Å². The molecule has 166 valence electrons. The van der Waals surface area contributed by atoms with Crippen molar-refractivity contribution in [2.45, 2.75) is 6.42 Å². The van der Waals surface area contributed by atoms with Crippen molar-refractivity contribution in [3.8, 4) is 5.75 Å². The summed E-state index contributed by atoms with van der Waals surface area (Å²) in [7, 11) is 5.27. The van der Waals surface area contributed by atoms with Crippen molar-refractivity contribution >= 4 is 17.6 Å². The maximum Gasteiger partial charge on any atom is 0.241 e. The Morgan fingerprint density at radius 1 is 1.16 bits per heavy atom. The van der Waals surface area contributed by atoms with E-state index in [1.807, 2.05) is 43.4 Å². The molecule has 0 unspecified atom stereocenters. The molecule has 1 aromatic carbocycles. The van der Waals surface area contributed by atoms with E-state index in [1.54, 1.807) is 25.3 Å². The van der Waals surface area contributed by atoms with Crippen molar-refractivity contribution in [2.24, 2.45) is 4.99 Å². The first-order valence-electron chi connectivity index (χ1n) is 10.6. The lowest BCUT2D eigenvalue weighted by molar-refractivity contribution is -0.128. The first-order chi connectivity index (χ1) is 15.1. The lowest BCUT2D eigenvalue weighted by Gasteiger charge is -2.38. The maximum absolute atomic E-state index is 12.5. The fraction of sp³-hybridized carbons (Fsp3) is 0.435. The summed E-state index contributed by atoms with van der Waals surface area (Å²) in [6, 6.07) is 13.9. The van der Waals surface area contributed by atoms with Gasteiger partial charge in [0, 0.05) is 65.1 Å². The van der Waals surface area contributed by atoms with Crippen LogP contribution in [0, 0.1) is 0 Å². The van der Waals surface area contributed by atoms with Crippen LogP contribution in [0.25, 0.3) is 0 Å². The highest BCUT2D eigenvalue weighted by atomic mass is 16.5. The van der Waals surface area contributed by atoms with E-state index in [9.17, 15) is 4.79 Å². The van der Waals surface area contributed by atoms with E-state index in [0.717, 1.165) is 55.7 Å². The molecule has 0 radical (unpaired) electrons. The number of anilines is 1. The minimum Gasteiger partial charge on any atom is -0.495 e. The molecule has 0 aliphatic carbocycles. The van der Waals surface area contributed by atoms with Gasteiger partial charge in [-0.15, -0.1) is 0 Å². The molecule has 8 heteroatoms. The molecule has 1 saturated heterocycles. The first kappa shape index (κ1) is 22.4. The number of methoxy groups -OCH3 is 1. The molecule has 8 nitrogen and oxygen atoms in total. The molecule has 0 atom stereocenters. The monoisotopic (exact) mass is 424 g/mol. The summed E-state index contributed by atoms with van der Waals surface area (Å²) in [5, 5.41) is 3.22. The number of carbonyl (C=O) groups excluding carboxylic acids is 1. The van der Waals surface area contributed by atoms with Crippen LogP contribution in [0.1, 0.15) is 5.69 Å². The Morgan fingerprint density at radius 2 is 1.90 bits per heavy atom. The average Bonchev–Trinajstić information content (AvgIpc) is 2.83. The number of amides is 1. The Balaban J connectivity index is 1.45. The third-order valence-corrected chi connectivity index (χ3v) is 5.47. The van der Waals surface area contributed by atoms with Crippen molar-refractivity contribution in [1.29, 1.82) is 0 Å². The topological polar surface area (TPSA) is 73.3 Å². The van der Waals surface area contributed by atoms with Gasteiger partial charge in [0.1, 0.15) is 5.75 Å². The van der Waals surface area contributed by atoms with Crippen molar-refractivity contribution in [3.63, 3.8) is 0 Å². The van der Waals surface area contributed by atoms with Crippen LogP contribution in [0.15, 0.2) is 53.7 Å². The summed E-state index contributed by atoms with van der Waals surface area (Å²) in [4.78, 5) is 27.4. The van der Waals surface area contributed by atoms with Crippen LogP contribution in [0.2, 0.25) is 0 Å². The van der Waals surface area contributed by atoms with Gasteiger partial charge < -0.3 is 24.8 Å². The largest absolute Gasteiger partial charge is 0.495 e. The van der Waals surface area contributed by atoms with Crippen LogP contribution in [0.3, 0.4) is 0 Å². The van der Waals surface area contributed by atoms with Gasteiger partial charge in [-0.1, -0.05) is 18.2 Å². The maximum atomic E-state index is 12.5. The Bertz CT molecular complexity index is 865. The van der Waals surface area contributed by atoms with Crippen molar-refractivity contribution < 1.29 is 9.53 Å². The van der Waals surface area contributed by atoms with E-state index in [4.69, 9.17) is 4.74 Å². The van der Waals surface area contributed by atoms with Crippen molar-refractivity contribution in [3.05, 3.63) is 54.4 Å². The lowest BCUT2D eigenvalue weighted by Crippen LogP contribution is -2.53. The summed E-state index contributed by atoms with van der Waals surface area (Å²) < 4.78 is 5.49. The van der Waals surface area contributed by atoms with E-state index in [0.29, 0.717) is 6.54 Å². The summed E-state index contributed by atoms with van der Waals surface area (Å²) in [6.07, 6.45) is 2.51. The van der Waals surface area contributed by atoms with Gasteiger partial charge in [0.05, 0.1) is 19.3 Å². The fourth-order valence-electron chi connectivity index (χ4n) is 3.63. The number of guanidine groups is 1. The van der Waals surface area contributed by atoms with Crippen LogP contribution >= 0.6 is 0 Å². The molecule has 1 amide bonds. The molecule has 31 heavy (non-hydrogen) atoms. The molecule has 3 rings (SSSR count). The number of likely N-dealkylation sites (N-methyl/N-ethyl adjacent to an activating group) is 1. The number of pyridine rings is 1. The number of benzene rings is 1. The van der Waals surface area contributed by atoms with E-state index < -0.39 is 0 Å². The minimum absolute atomic E-state index is 0.0322. The zero-order valence-corrected chi connectivity index (χ0v) is 18.6. The second kappa shape index (κ2) is 11.2. The first-order valence-corrected chi connectivity index (χ1v) is 10.6. The Kier molecular flexibility index (Phi) is 8.09. The molecule has 1 fully saturated rings. The van der Waals surface area contributed by atoms with E-state index in [-0.39, 0.29) is 12.5 Å². The zero-order chi connectivity index (χ0) is 22.1. The number of para-hydroxylation sites is 2. The number of nitrogens with zero attached hydrogens (tertiary/aromatic N) is 5. The average molecular weight is 425 g/mol. The number of aliphatic imine (C=N–C) groups is 1. The smallest absolute Gasteiger partial charge is 0.241 e. The molecule has 1 N–H and O–H groups in total. The van der Waals surface area contributed by atoms with Crippen molar-refractivity contribution in [2.75, 3.05) is 65.4 Å². The number of ether oxygens (including phenoxy) is 1. The zero-order valence-electron chi connectivity index (χ0n) is 18.6. The van der Waals surface area contributed by atoms with E-state index >= 15 is 0 Å². The van der Waals surface area contributed by atoms with Gasteiger partial charge in [0.2, 0.25) is 5.91 Å². The number of piperazine rings is 1. The molecule has 1 aromatic heterocycles. The Hall–Kier alpha value is -3.29. The molecule has 0 saturated carbocycles. The molecule has 2 aromatic rings. The summed E-state index contributed by atoms with van der Waals surface area (Å²) in [5.74, 6) is 1.67. The second-order valence-corrected chi connectivity index (χ2v) is 7.43. The molecule has 2 heterocycles. The molecule has 0 bridgehead atoms. The number of nitrogens with one attached hydrogen (secondary N) is 1. The predicted molar refractivity (Wildman–Crippen MR) is 124 cm³/mol. The quantitative estimate of drug-likeness (QED) is 0.536. The lowest BCUT2D eigenvalue weighted by atomic mass is 10.2. The van der Waals surface area contributed by atoms with E-state index in [2.05, 4.69) is 31.2 Å². The molecular formula is C23H32N6O2. The Labute approximate surface area is 184 Å². The Morgan fingerprint density at radius 3 is 2.58 bits per heavy atom. The SMILES string of the molecule is CN=C(NCC(=O)N(C)CCc1ccccn1)N1CCN(c2ccccc2OC)CC1. The van der Waals surface area contributed by atoms with Crippen LogP contribution in [0.5, 0.6) is 5.75 Å². The number of aromatic nitrogens is 1. The number of hydrogen-bond acceptors (Lipinski definition) is 5. The minimum atomic E-state index is 0.0322. The number of carbonyl (C=O) groups is 1. The second-order valence-electron chi connectivity index (χ2n) is 7.43.